The molecule has 4 atom stereocenters. The SMILES string of the molecule is CCOC(=O)[C@@]12O[C@@](c3ccccc3)(CN(c3ccccc3)C1=O)C1C(=O)N(C)C(=O)C12. The summed E-state index contributed by atoms with van der Waals surface area (Å²) in [7, 11) is 1.37. The molecule has 3 heterocycles. The number of carbonyl (C=O) groups excluding carboxylic acids is 4. The van der Waals surface area contributed by atoms with Crippen LogP contribution in [0.25, 0.3) is 0 Å². The number of imide groups is 1. The summed E-state index contributed by atoms with van der Waals surface area (Å²) in [6.45, 7) is 1.59. The molecule has 32 heavy (non-hydrogen) atoms. The predicted octanol–water partition coefficient (Wildman–Crippen LogP) is 1.49. The van der Waals surface area contributed by atoms with Crippen molar-refractivity contribution in [3.63, 3.8) is 0 Å². The van der Waals surface area contributed by atoms with E-state index in [0.29, 0.717) is 11.3 Å². The average molecular weight is 434 g/mol. The molecular formula is C24H22N2O6. The molecule has 5 rings (SSSR count). The quantitative estimate of drug-likeness (QED) is 0.411. The van der Waals surface area contributed by atoms with Crippen molar-refractivity contribution in [3.8, 4) is 0 Å². The van der Waals surface area contributed by atoms with Gasteiger partial charge in [-0.3, -0.25) is 19.3 Å². The Balaban J connectivity index is 1.80. The van der Waals surface area contributed by atoms with E-state index >= 15 is 0 Å². The van der Waals surface area contributed by atoms with Crippen LogP contribution in [0.15, 0.2) is 60.7 Å². The summed E-state index contributed by atoms with van der Waals surface area (Å²) < 4.78 is 11.6. The maximum Gasteiger partial charge on any atom is 0.349 e. The van der Waals surface area contributed by atoms with Gasteiger partial charge in [0.2, 0.25) is 11.8 Å². The lowest BCUT2D eigenvalue weighted by molar-refractivity contribution is -0.198. The summed E-state index contributed by atoms with van der Waals surface area (Å²) in [6.07, 6.45) is 0. The van der Waals surface area contributed by atoms with Gasteiger partial charge in [-0.05, 0) is 24.6 Å². The van der Waals surface area contributed by atoms with Crippen LogP contribution in [0.1, 0.15) is 12.5 Å². The first kappa shape index (κ1) is 20.4. The van der Waals surface area contributed by atoms with Gasteiger partial charge in [-0.15, -0.1) is 0 Å². The third-order valence-electron chi connectivity index (χ3n) is 6.67. The molecule has 2 unspecified atom stereocenters. The Morgan fingerprint density at radius 1 is 1.00 bits per heavy atom. The van der Waals surface area contributed by atoms with Gasteiger partial charge in [0.1, 0.15) is 11.5 Å². The lowest BCUT2D eigenvalue weighted by Gasteiger charge is -2.45. The molecule has 3 amide bonds. The normalized spacial score (nSPS) is 31.1. The second-order valence-electron chi connectivity index (χ2n) is 8.23. The van der Waals surface area contributed by atoms with Crippen molar-refractivity contribution < 1.29 is 28.7 Å². The van der Waals surface area contributed by atoms with Crippen LogP contribution in [-0.4, -0.2) is 54.4 Å². The molecule has 0 radical (unpaired) electrons. The number of esters is 1. The van der Waals surface area contributed by atoms with E-state index in [9.17, 15) is 19.2 Å². The standard InChI is InChI=1S/C24H22N2O6/c1-3-31-22(30)24-18-17(19(27)25(2)20(18)28)23(32-24,15-10-6-4-7-11-15)14-26(21(24)29)16-12-8-5-9-13-16/h4-13,17-18H,3,14H2,1-2H3/t17?,18?,23-,24+/m1/s1. The van der Waals surface area contributed by atoms with Gasteiger partial charge in [-0.25, -0.2) is 4.79 Å². The van der Waals surface area contributed by atoms with Crippen LogP contribution < -0.4 is 4.90 Å². The summed E-state index contributed by atoms with van der Waals surface area (Å²) in [5, 5.41) is 0. The number of morpholine rings is 1. The number of anilines is 1. The molecule has 0 spiro atoms. The number of ether oxygens (including phenoxy) is 2. The fourth-order valence-electron chi connectivity index (χ4n) is 5.28. The maximum absolute atomic E-state index is 13.9. The topological polar surface area (TPSA) is 93.2 Å². The lowest BCUT2D eigenvalue weighted by atomic mass is 9.75. The third kappa shape index (κ3) is 2.41. The number of fused-ring (bicyclic) bond motifs is 5. The predicted molar refractivity (Wildman–Crippen MR) is 112 cm³/mol. The maximum atomic E-state index is 13.9. The molecule has 164 valence electrons. The Hall–Kier alpha value is -3.52. The van der Waals surface area contributed by atoms with Gasteiger partial charge >= 0.3 is 5.97 Å². The van der Waals surface area contributed by atoms with Crippen LogP contribution in [-0.2, 0) is 34.3 Å². The lowest BCUT2D eigenvalue weighted by Crippen LogP contribution is -2.66. The second kappa shape index (κ2) is 7.00. The van der Waals surface area contributed by atoms with Crippen LogP contribution in [0.3, 0.4) is 0 Å². The van der Waals surface area contributed by atoms with Crippen molar-refractivity contribution in [2.75, 3.05) is 25.1 Å². The third-order valence-corrected chi connectivity index (χ3v) is 6.67. The molecule has 3 saturated heterocycles. The minimum absolute atomic E-state index is 0.00371. The first-order valence-corrected chi connectivity index (χ1v) is 10.5. The number of likely N-dealkylation sites (tertiary alicyclic amines) is 1. The Morgan fingerprint density at radius 2 is 1.59 bits per heavy atom. The molecule has 0 aliphatic carbocycles. The molecule has 3 fully saturated rings. The summed E-state index contributed by atoms with van der Waals surface area (Å²) in [5.74, 6) is -5.08. The van der Waals surface area contributed by atoms with Crippen LogP contribution in [0.5, 0.6) is 0 Å². The Bertz CT molecular complexity index is 1120. The fraction of sp³-hybridized carbons (Fsp3) is 0.333. The van der Waals surface area contributed by atoms with Crippen molar-refractivity contribution in [1.82, 2.24) is 4.90 Å². The first-order valence-electron chi connectivity index (χ1n) is 10.5. The van der Waals surface area contributed by atoms with Gasteiger partial charge in [-0.1, -0.05) is 48.5 Å². The highest BCUT2D eigenvalue weighted by molar-refractivity contribution is 6.21. The first-order chi connectivity index (χ1) is 15.4. The van der Waals surface area contributed by atoms with E-state index in [4.69, 9.17) is 9.47 Å². The van der Waals surface area contributed by atoms with Gasteiger partial charge in [0, 0.05) is 12.7 Å². The molecule has 2 aromatic carbocycles. The number of amides is 3. The summed E-state index contributed by atoms with van der Waals surface area (Å²) >= 11 is 0. The van der Waals surface area contributed by atoms with Crippen LogP contribution in [0.2, 0.25) is 0 Å². The monoisotopic (exact) mass is 434 g/mol. The number of nitrogens with zero attached hydrogens (tertiary/aromatic N) is 2. The number of hydrogen-bond donors (Lipinski definition) is 0. The molecule has 3 aliphatic heterocycles. The second-order valence-corrected chi connectivity index (χ2v) is 8.23. The number of rotatable bonds is 4. The van der Waals surface area contributed by atoms with Crippen LogP contribution in [0.4, 0.5) is 5.69 Å². The molecule has 0 aromatic heterocycles. The molecule has 2 bridgehead atoms. The van der Waals surface area contributed by atoms with E-state index in [1.165, 1.54) is 11.9 Å². The minimum atomic E-state index is -2.25. The van der Waals surface area contributed by atoms with E-state index in [0.717, 1.165) is 4.90 Å². The number of carbonyl (C=O) groups is 4. The van der Waals surface area contributed by atoms with E-state index in [1.54, 1.807) is 55.5 Å². The van der Waals surface area contributed by atoms with Crippen LogP contribution >= 0.6 is 0 Å². The largest absolute Gasteiger partial charge is 0.463 e. The molecular weight excluding hydrogens is 412 g/mol. The highest BCUT2D eigenvalue weighted by Crippen LogP contribution is 2.60. The Morgan fingerprint density at radius 3 is 2.22 bits per heavy atom. The fourth-order valence-corrected chi connectivity index (χ4v) is 5.28. The van der Waals surface area contributed by atoms with Crippen molar-refractivity contribution in [2.45, 2.75) is 18.1 Å². The van der Waals surface area contributed by atoms with Gasteiger partial charge < -0.3 is 14.4 Å². The number of para-hydroxylation sites is 1. The molecule has 0 saturated carbocycles. The smallest absolute Gasteiger partial charge is 0.349 e. The zero-order chi connectivity index (χ0) is 22.7. The summed E-state index contributed by atoms with van der Waals surface area (Å²) in [4.78, 5) is 56.3. The Labute approximate surface area is 184 Å². The van der Waals surface area contributed by atoms with Gasteiger partial charge in [0.05, 0.1) is 19.1 Å². The molecule has 3 aliphatic rings. The molecule has 8 nitrogen and oxygen atoms in total. The van der Waals surface area contributed by atoms with Crippen molar-refractivity contribution >= 4 is 29.4 Å². The molecule has 0 N–H and O–H groups in total. The van der Waals surface area contributed by atoms with E-state index in [1.807, 2.05) is 12.1 Å². The average Bonchev–Trinajstić information content (AvgIpc) is 3.23. The molecule has 2 aromatic rings. The number of hydrogen-bond acceptors (Lipinski definition) is 6. The number of benzene rings is 2. The summed E-state index contributed by atoms with van der Waals surface area (Å²) in [6, 6.07) is 17.8. The van der Waals surface area contributed by atoms with Gasteiger partial charge in [-0.2, -0.15) is 0 Å². The van der Waals surface area contributed by atoms with E-state index < -0.39 is 46.7 Å². The zero-order valence-electron chi connectivity index (χ0n) is 17.7. The van der Waals surface area contributed by atoms with Gasteiger partial charge in [0.15, 0.2) is 0 Å². The zero-order valence-corrected chi connectivity index (χ0v) is 17.7. The van der Waals surface area contributed by atoms with Crippen LogP contribution in [0, 0.1) is 11.8 Å². The summed E-state index contributed by atoms with van der Waals surface area (Å²) in [5.41, 5.74) is -2.48. The van der Waals surface area contributed by atoms with E-state index in [-0.39, 0.29) is 13.2 Å². The highest BCUT2D eigenvalue weighted by atomic mass is 16.6. The van der Waals surface area contributed by atoms with Crippen molar-refractivity contribution in [1.29, 1.82) is 0 Å². The van der Waals surface area contributed by atoms with Crippen molar-refractivity contribution in [2.24, 2.45) is 11.8 Å². The minimum Gasteiger partial charge on any atom is -0.463 e. The van der Waals surface area contributed by atoms with E-state index in [2.05, 4.69) is 0 Å². The molecule has 8 heteroatoms. The highest BCUT2D eigenvalue weighted by Gasteiger charge is 2.81. The Kier molecular flexibility index (Phi) is 4.46. The van der Waals surface area contributed by atoms with Crippen molar-refractivity contribution in [3.05, 3.63) is 66.2 Å². The van der Waals surface area contributed by atoms with Gasteiger partial charge in [0.25, 0.3) is 11.5 Å².